The first-order valence-corrected chi connectivity index (χ1v) is 11.1. The lowest BCUT2D eigenvalue weighted by Gasteiger charge is -2.14. The Labute approximate surface area is 163 Å². The standard InChI is InChI=1S/C22H37BrO2/c1-3-5-7-9-11-13-18-24-21-17-15-16-20(23)22(21)25-19-14-12-10-8-6-4-2/h15-17H,3-14,18-19H2,1-2H3. The first-order chi connectivity index (χ1) is 12.3. The zero-order valence-electron chi connectivity index (χ0n) is 16.3. The SMILES string of the molecule is CCCCCCCCOc1cccc(Br)c1OCCCCCCCC. The molecule has 1 aromatic rings. The molecule has 0 fully saturated rings. The van der Waals surface area contributed by atoms with Crippen LogP contribution >= 0.6 is 15.9 Å². The van der Waals surface area contributed by atoms with Crippen molar-refractivity contribution in [3.05, 3.63) is 22.7 Å². The summed E-state index contributed by atoms with van der Waals surface area (Å²) in [5.74, 6) is 1.73. The van der Waals surface area contributed by atoms with Crippen molar-refractivity contribution in [1.29, 1.82) is 0 Å². The summed E-state index contributed by atoms with van der Waals surface area (Å²) in [7, 11) is 0. The van der Waals surface area contributed by atoms with E-state index in [1.807, 2.05) is 18.2 Å². The maximum Gasteiger partial charge on any atom is 0.175 e. The van der Waals surface area contributed by atoms with Crippen LogP contribution in [0.2, 0.25) is 0 Å². The van der Waals surface area contributed by atoms with E-state index in [9.17, 15) is 0 Å². The van der Waals surface area contributed by atoms with E-state index >= 15 is 0 Å². The number of rotatable bonds is 16. The number of halogens is 1. The molecule has 1 rings (SSSR count). The normalized spacial score (nSPS) is 10.8. The van der Waals surface area contributed by atoms with E-state index in [-0.39, 0.29) is 0 Å². The number of para-hydroxylation sites is 1. The van der Waals surface area contributed by atoms with Crippen LogP contribution in [0.15, 0.2) is 22.7 Å². The minimum absolute atomic E-state index is 0.766. The van der Waals surface area contributed by atoms with Gasteiger partial charge in [-0.3, -0.25) is 0 Å². The first kappa shape index (κ1) is 22.3. The summed E-state index contributed by atoms with van der Waals surface area (Å²) in [6, 6.07) is 6.05. The summed E-state index contributed by atoms with van der Waals surface area (Å²) < 4.78 is 13.0. The second kappa shape index (κ2) is 15.5. The molecule has 0 aromatic heterocycles. The van der Waals surface area contributed by atoms with Gasteiger partial charge >= 0.3 is 0 Å². The Bertz CT molecular complexity index is 434. The minimum Gasteiger partial charge on any atom is -0.490 e. The van der Waals surface area contributed by atoms with E-state index in [0.29, 0.717) is 0 Å². The Morgan fingerprint density at radius 1 is 0.680 bits per heavy atom. The zero-order valence-corrected chi connectivity index (χ0v) is 17.9. The average Bonchev–Trinajstić information content (AvgIpc) is 2.62. The summed E-state index contributed by atoms with van der Waals surface area (Å²) >= 11 is 3.60. The molecular weight excluding hydrogens is 376 g/mol. The Balaban J connectivity index is 2.26. The number of unbranched alkanes of at least 4 members (excludes halogenated alkanes) is 10. The van der Waals surface area contributed by atoms with Crippen molar-refractivity contribution < 1.29 is 9.47 Å². The summed E-state index contributed by atoms with van der Waals surface area (Å²) in [6.45, 7) is 6.05. The highest BCUT2D eigenvalue weighted by molar-refractivity contribution is 9.10. The van der Waals surface area contributed by atoms with Crippen LogP contribution in [-0.4, -0.2) is 13.2 Å². The van der Waals surface area contributed by atoms with E-state index in [4.69, 9.17) is 9.47 Å². The van der Waals surface area contributed by atoms with E-state index < -0.39 is 0 Å². The van der Waals surface area contributed by atoms with Crippen LogP contribution < -0.4 is 9.47 Å². The minimum atomic E-state index is 0.766. The molecule has 0 radical (unpaired) electrons. The highest BCUT2D eigenvalue weighted by Crippen LogP contribution is 2.35. The highest BCUT2D eigenvalue weighted by Gasteiger charge is 2.09. The van der Waals surface area contributed by atoms with E-state index in [1.54, 1.807) is 0 Å². The van der Waals surface area contributed by atoms with Gasteiger partial charge in [0.25, 0.3) is 0 Å². The van der Waals surface area contributed by atoms with Crippen molar-refractivity contribution in [3.8, 4) is 11.5 Å². The van der Waals surface area contributed by atoms with Crippen molar-refractivity contribution >= 4 is 15.9 Å². The molecule has 25 heavy (non-hydrogen) atoms. The lowest BCUT2D eigenvalue weighted by atomic mass is 10.1. The summed E-state index contributed by atoms with van der Waals surface area (Å²) in [4.78, 5) is 0. The van der Waals surface area contributed by atoms with Crippen LogP contribution in [0.1, 0.15) is 90.9 Å². The Hall–Kier alpha value is -0.700. The van der Waals surface area contributed by atoms with Gasteiger partial charge in [0.1, 0.15) is 0 Å². The molecule has 0 spiro atoms. The van der Waals surface area contributed by atoms with Gasteiger partial charge in [0.05, 0.1) is 17.7 Å². The van der Waals surface area contributed by atoms with E-state index in [2.05, 4.69) is 29.8 Å². The number of hydrogen-bond acceptors (Lipinski definition) is 2. The summed E-state index contributed by atoms with van der Waals surface area (Å²) in [6.07, 6.45) is 15.4. The third-order valence-electron chi connectivity index (χ3n) is 4.43. The molecule has 0 saturated carbocycles. The topological polar surface area (TPSA) is 18.5 Å². The third-order valence-corrected chi connectivity index (χ3v) is 5.06. The fourth-order valence-electron chi connectivity index (χ4n) is 2.86. The first-order valence-electron chi connectivity index (χ1n) is 10.3. The van der Waals surface area contributed by atoms with Gasteiger partial charge in [0.2, 0.25) is 0 Å². The van der Waals surface area contributed by atoms with E-state index in [1.165, 1.54) is 64.2 Å². The van der Waals surface area contributed by atoms with Crippen LogP contribution in [0.4, 0.5) is 0 Å². The molecule has 1 aromatic carbocycles. The van der Waals surface area contributed by atoms with Crippen molar-refractivity contribution in [2.24, 2.45) is 0 Å². The molecule has 0 bridgehead atoms. The molecule has 0 saturated heterocycles. The summed E-state index contributed by atoms with van der Waals surface area (Å²) in [5.41, 5.74) is 0. The molecule has 0 amide bonds. The van der Waals surface area contributed by atoms with Gasteiger partial charge in [-0.15, -0.1) is 0 Å². The van der Waals surface area contributed by atoms with Crippen LogP contribution in [-0.2, 0) is 0 Å². The highest BCUT2D eigenvalue weighted by atomic mass is 79.9. The number of benzene rings is 1. The molecule has 0 aliphatic carbocycles. The number of ether oxygens (including phenoxy) is 2. The molecule has 0 N–H and O–H groups in total. The van der Waals surface area contributed by atoms with Gasteiger partial charge < -0.3 is 9.47 Å². The van der Waals surface area contributed by atoms with Crippen molar-refractivity contribution in [2.45, 2.75) is 90.9 Å². The van der Waals surface area contributed by atoms with Gasteiger partial charge in [-0.25, -0.2) is 0 Å². The number of hydrogen-bond donors (Lipinski definition) is 0. The van der Waals surface area contributed by atoms with Gasteiger partial charge in [0.15, 0.2) is 11.5 Å². The predicted molar refractivity (Wildman–Crippen MR) is 112 cm³/mol. The Kier molecular flexibility index (Phi) is 13.9. The smallest absolute Gasteiger partial charge is 0.175 e. The second-order valence-electron chi connectivity index (χ2n) is 6.80. The lowest BCUT2D eigenvalue weighted by Crippen LogP contribution is -2.03. The van der Waals surface area contributed by atoms with Crippen molar-refractivity contribution in [3.63, 3.8) is 0 Å². The van der Waals surface area contributed by atoms with Crippen LogP contribution in [0.25, 0.3) is 0 Å². The van der Waals surface area contributed by atoms with E-state index in [0.717, 1.165) is 42.0 Å². The molecule has 0 heterocycles. The Morgan fingerprint density at radius 2 is 1.20 bits per heavy atom. The molecule has 144 valence electrons. The van der Waals surface area contributed by atoms with Crippen molar-refractivity contribution in [2.75, 3.05) is 13.2 Å². The van der Waals surface area contributed by atoms with Crippen LogP contribution in [0, 0.1) is 0 Å². The Morgan fingerprint density at radius 3 is 1.80 bits per heavy atom. The lowest BCUT2D eigenvalue weighted by molar-refractivity contribution is 0.257. The molecule has 2 nitrogen and oxygen atoms in total. The predicted octanol–water partition coefficient (Wildman–Crippen LogP) is 7.93. The van der Waals surface area contributed by atoms with Gasteiger partial charge in [0, 0.05) is 0 Å². The molecular formula is C22H37BrO2. The second-order valence-corrected chi connectivity index (χ2v) is 7.65. The monoisotopic (exact) mass is 412 g/mol. The molecule has 0 aliphatic rings. The maximum atomic E-state index is 6.01. The fraction of sp³-hybridized carbons (Fsp3) is 0.727. The average molecular weight is 413 g/mol. The maximum absolute atomic E-state index is 6.01. The van der Waals surface area contributed by atoms with Crippen molar-refractivity contribution in [1.82, 2.24) is 0 Å². The molecule has 0 unspecified atom stereocenters. The summed E-state index contributed by atoms with van der Waals surface area (Å²) in [5, 5.41) is 0. The molecule has 0 aliphatic heterocycles. The van der Waals surface area contributed by atoms with Gasteiger partial charge in [-0.2, -0.15) is 0 Å². The quantitative estimate of drug-likeness (QED) is 0.256. The fourth-order valence-corrected chi connectivity index (χ4v) is 3.33. The van der Waals surface area contributed by atoms with Gasteiger partial charge in [-0.1, -0.05) is 84.1 Å². The third kappa shape index (κ3) is 10.8. The molecule has 0 atom stereocenters. The molecule has 3 heteroatoms. The zero-order chi connectivity index (χ0) is 18.2. The van der Waals surface area contributed by atoms with Gasteiger partial charge in [-0.05, 0) is 40.9 Å². The van der Waals surface area contributed by atoms with Crippen LogP contribution in [0.3, 0.4) is 0 Å². The van der Waals surface area contributed by atoms with Crippen LogP contribution in [0.5, 0.6) is 11.5 Å². The largest absolute Gasteiger partial charge is 0.490 e.